The Morgan fingerprint density at radius 1 is 1.04 bits per heavy atom. The van der Waals surface area contributed by atoms with E-state index in [1.54, 1.807) is 6.92 Å². The molecule has 0 N–H and O–H groups in total. The quantitative estimate of drug-likeness (QED) is 0.711. The number of carbonyl (C=O) groups excluding carboxylic acids is 2. The molecular weight excluding hydrogens is 356 g/mol. The number of rotatable bonds is 5. The van der Waals surface area contributed by atoms with Crippen LogP contribution in [0, 0.1) is 0 Å². The van der Waals surface area contributed by atoms with Crippen molar-refractivity contribution in [1.82, 2.24) is 0 Å². The minimum Gasteiger partial charge on any atom is -0.455 e. The van der Waals surface area contributed by atoms with Crippen LogP contribution in [0.15, 0.2) is 30.3 Å². The molecule has 1 unspecified atom stereocenters. The Hall–Kier alpha value is -2.00. The average Bonchev–Trinajstić information content (AvgIpc) is 2.62. The third-order valence-electron chi connectivity index (χ3n) is 4.30. The number of benzene rings is 1. The van der Waals surface area contributed by atoms with Crippen molar-refractivity contribution in [1.29, 1.82) is 0 Å². The van der Waals surface area contributed by atoms with Gasteiger partial charge in [0.1, 0.15) is 12.2 Å². The first-order valence-electron chi connectivity index (χ1n) is 8.86. The topological polar surface area (TPSA) is 89.5 Å². The Morgan fingerprint density at radius 3 is 2.37 bits per heavy atom. The molecule has 3 rings (SSSR count). The summed E-state index contributed by atoms with van der Waals surface area (Å²) in [6.07, 6.45) is -4.39. The van der Waals surface area contributed by atoms with Crippen molar-refractivity contribution < 1.29 is 38.0 Å². The van der Waals surface area contributed by atoms with E-state index in [2.05, 4.69) is 0 Å². The van der Waals surface area contributed by atoms with Gasteiger partial charge in [0.2, 0.25) is 0 Å². The second-order valence-electron chi connectivity index (χ2n) is 6.49. The number of hydrogen-bond acceptors (Lipinski definition) is 8. The second-order valence-corrected chi connectivity index (χ2v) is 6.49. The highest BCUT2D eigenvalue weighted by molar-refractivity contribution is 5.67. The molecule has 8 nitrogen and oxygen atoms in total. The van der Waals surface area contributed by atoms with Crippen LogP contribution in [0.25, 0.3) is 0 Å². The van der Waals surface area contributed by atoms with Crippen molar-refractivity contribution in [3.05, 3.63) is 35.9 Å². The molecular formula is C19H24O8. The predicted molar refractivity (Wildman–Crippen MR) is 91.3 cm³/mol. The zero-order valence-electron chi connectivity index (χ0n) is 15.5. The molecule has 0 spiro atoms. The maximum Gasteiger partial charge on any atom is 0.303 e. The number of hydrogen-bond donors (Lipinski definition) is 0. The van der Waals surface area contributed by atoms with Crippen molar-refractivity contribution in [2.75, 3.05) is 6.61 Å². The Morgan fingerprint density at radius 2 is 1.70 bits per heavy atom. The van der Waals surface area contributed by atoms with E-state index < -0.39 is 48.9 Å². The van der Waals surface area contributed by atoms with Crippen LogP contribution in [0.2, 0.25) is 0 Å². The van der Waals surface area contributed by atoms with E-state index in [0.717, 1.165) is 5.56 Å². The van der Waals surface area contributed by atoms with E-state index in [-0.39, 0.29) is 13.2 Å². The summed E-state index contributed by atoms with van der Waals surface area (Å²) in [6.45, 7) is 4.80. The van der Waals surface area contributed by atoms with Crippen LogP contribution in [-0.4, -0.2) is 55.5 Å². The summed E-state index contributed by atoms with van der Waals surface area (Å²) >= 11 is 0. The zero-order valence-corrected chi connectivity index (χ0v) is 15.5. The summed E-state index contributed by atoms with van der Waals surface area (Å²) in [4.78, 5) is 23.3. The molecule has 1 aromatic carbocycles. The SMILES string of the molecule is CC(=O)O[C@H]1[C@H](OC(C)=O)[C@@H](OCc2ccccc2)O[C@@H]2COC(C)O[C@@H]12. The normalized spacial score (nSPS) is 33.0. The van der Waals surface area contributed by atoms with Crippen LogP contribution in [0.4, 0.5) is 0 Å². The molecule has 0 aromatic heterocycles. The largest absolute Gasteiger partial charge is 0.455 e. The van der Waals surface area contributed by atoms with Crippen molar-refractivity contribution in [2.45, 2.75) is 64.4 Å². The lowest BCUT2D eigenvalue weighted by Gasteiger charge is -2.47. The summed E-state index contributed by atoms with van der Waals surface area (Å²) in [5.41, 5.74) is 0.929. The molecule has 0 saturated carbocycles. The third kappa shape index (κ3) is 5.04. The van der Waals surface area contributed by atoms with Gasteiger partial charge in [-0.3, -0.25) is 9.59 Å². The van der Waals surface area contributed by atoms with Gasteiger partial charge in [-0.1, -0.05) is 30.3 Å². The monoisotopic (exact) mass is 380 g/mol. The molecule has 2 saturated heterocycles. The lowest BCUT2D eigenvalue weighted by molar-refractivity contribution is -0.358. The van der Waals surface area contributed by atoms with Gasteiger partial charge >= 0.3 is 11.9 Å². The minimum atomic E-state index is -0.957. The lowest BCUT2D eigenvalue weighted by atomic mass is 9.97. The molecule has 0 amide bonds. The van der Waals surface area contributed by atoms with Crippen LogP contribution in [0.3, 0.4) is 0 Å². The fourth-order valence-corrected chi connectivity index (χ4v) is 3.20. The van der Waals surface area contributed by atoms with Gasteiger partial charge in [0.15, 0.2) is 24.8 Å². The van der Waals surface area contributed by atoms with E-state index in [1.165, 1.54) is 13.8 Å². The zero-order chi connectivity index (χ0) is 19.4. The molecule has 6 atom stereocenters. The Bertz CT molecular complexity index is 648. The van der Waals surface area contributed by atoms with E-state index in [0.29, 0.717) is 0 Å². The van der Waals surface area contributed by atoms with Gasteiger partial charge < -0.3 is 28.4 Å². The first-order chi connectivity index (χ1) is 12.9. The van der Waals surface area contributed by atoms with Gasteiger partial charge in [-0.2, -0.15) is 0 Å². The van der Waals surface area contributed by atoms with Crippen molar-refractivity contribution in [3.63, 3.8) is 0 Å². The van der Waals surface area contributed by atoms with Crippen LogP contribution >= 0.6 is 0 Å². The van der Waals surface area contributed by atoms with E-state index in [1.807, 2.05) is 30.3 Å². The smallest absolute Gasteiger partial charge is 0.303 e. The van der Waals surface area contributed by atoms with Crippen LogP contribution < -0.4 is 0 Å². The highest BCUT2D eigenvalue weighted by Crippen LogP contribution is 2.33. The van der Waals surface area contributed by atoms with Crippen molar-refractivity contribution in [3.8, 4) is 0 Å². The second kappa shape index (κ2) is 8.79. The first kappa shape index (κ1) is 19.8. The molecule has 2 aliphatic heterocycles. The molecule has 2 aliphatic rings. The van der Waals surface area contributed by atoms with E-state index in [9.17, 15) is 9.59 Å². The molecule has 27 heavy (non-hydrogen) atoms. The van der Waals surface area contributed by atoms with Gasteiger partial charge in [-0.05, 0) is 12.5 Å². The van der Waals surface area contributed by atoms with Crippen molar-refractivity contribution in [2.24, 2.45) is 0 Å². The predicted octanol–water partition coefficient (Wildman–Crippen LogP) is 1.55. The molecule has 0 aliphatic carbocycles. The summed E-state index contributed by atoms with van der Waals surface area (Å²) < 4.78 is 33.9. The van der Waals surface area contributed by atoms with E-state index in [4.69, 9.17) is 28.4 Å². The van der Waals surface area contributed by atoms with Crippen LogP contribution in [0.1, 0.15) is 26.3 Å². The molecule has 0 radical (unpaired) electrons. The molecule has 148 valence electrons. The lowest BCUT2D eigenvalue weighted by Crippen LogP contribution is -2.64. The Balaban J connectivity index is 1.81. The average molecular weight is 380 g/mol. The summed E-state index contributed by atoms with van der Waals surface area (Å²) in [5, 5.41) is 0. The molecule has 8 heteroatoms. The third-order valence-corrected chi connectivity index (χ3v) is 4.30. The maximum absolute atomic E-state index is 11.7. The Kier molecular flexibility index (Phi) is 6.43. The van der Waals surface area contributed by atoms with Crippen LogP contribution in [-0.2, 0) is 44.6 Å². The number of ether oxygens (including phenoxy) is 6. The first-order valence-corrected chi connectivity index (χ1v) is 8.86. The fourth-order valence-electron chi connectivity index (χ4n) is 3.20. The van der Waals surface area contributed by atoms with Gasteiger partial charge in [0.05, 0.1) is 13.2 Å². The number of fused-ring (bicyclic) bond motifs is 1. The van der Waals surface area contributed by atoms with Gasteiger partial charge in [-0.15, -0.1) is 0 Å². The van der Waals surface area contributed by atoms with Gasteiger partial charge in [-0.25, -0.2) is 0 Å². The maximum atomic E-state index is 11.7. The fraction of sp³-hybridized carbons (Fsp3) is 0.579. The molecule has 1 aromatic rings. The summed E-state index contributed by atoms with van der Waals surface area (Å²) in [7, 11) is 0. The van der Waals surface area contributed by atoms with Crippen LogP contribution in [0.5, 0.6) is 0 Å². The molecule has 0 bridgehead atoms. The number of esters is 2. The summed E-state index contributed by atoms with van der Waals surface area (Å²) in [5.74, 6) is -1.05. The van der Waals surface area contributed by atoms with Crippen molar-refractivity contribution >= 4 is 11.9 Å². The number of carbonyl (C=O) groups is 2. The van der Waals surface area contributed by atoms with Gasteiger partial charge in [0, 0.05) is 13.8 Å². The Labute approximate surface area is 157 Å². The summed E-state index contributed by atoms with van der Waals surface area (Å²) in [6, 6.07) is 9.51. The standard InChI is InChI=1S/C19H24O8/c1-11(20)24-17-16-15(10-22-13(3)26-16)27-19(18(17)25-12(2)21)23-9-14-7-5-4-6-8-14/h4-8,13,15-19H,9-10H2,1-3H3/t13?,15-,16-,17-,18+,19+/m1/s1. The molecule has 2 fully saturated rings. The highest BCUT2D eigenvalue weighted by atomic mass is 16.8. The molecule has 2 heterocycles. The highest BCUT2D eigenvalue weighted by Gasteiger charge is 2.53. The van der Waals surface area contributed by atoms with Gasteiger partial charge in [0.25, 0.3) is 0 Å². The van der Waals surface area contributed by atoms with E-state index >= 15 is 0 Å². The minimum absolute atomic E-state index is 0.242.